The van der Waals surface area contributed by atoms with Crippen molar-refractivity contribution < 1.29 is 10.2 Å². The van der Waals surface area contributed by atoms with Crippen molar-refractivity contribution in [2.45, 2.75) is 35.5 Å². The zero-order valence-corrected chi connectivity index (χ0v) is 14.7. The van der Waals surface area contributed by atoms with Crippen molar-refractivity contribution in [3.63, 3.8) is 0 Å². The fourth-order valence-corrected chi connectivity index (χ4v) is 4.33. The van der Waals surface area contributed by atoms with Crippen LogP contribution < -0.4 is 0 Å². The molecule has 2 N–H and O–H groups in total. The molecule has 0 saturated carbocycles. The van der Waals surface area contributed by atoms with Crippen LogP contribution in [0.1, 0.15) is 18.4 Å². The Morgan fingerprint density at radius 2 is 1.83 bits per heavy atom. The largest absolute Gasteiger partial charge is 0.508 e. The molecule has 1 fully saturated rings. The van der Waals surface area contributed by atoms with E-state index in [0.29, 0.717) is 11.0 Å². The van der Waals surface area contributed by atoms with Crippen molar-refractivity contribution in [1.82, 2.24) is 4.90 Å². The van der Waals surface area contributed by atoms with E-state index in [4.69, 9.17) is 0 Å². The van der Waals surface area contributed by atoms with E-state index in [-0.39, 0.29) is 6.10 Å². The molecule has 0 spiro atoms. The minimum atomic E-state index is -0.261. The van der Waals surface area contributed by atoms with Gasteiger partial charge in [0.15, 0.2) is 0 Å². The van der Waals surface area contributed by atoms with Gasteiger partial charge in [0, 0.05) is 23.2 Å². The lowest BCUT2D eigenvalue weighted by molar-refractivity contribution is 0.117. The Hall–Kier alpha value is -1.49. The summed E-state index contributed by atoms with van der Waals surface area (Å²) in [5.74, 6) is 0.314. The summed E-state index contributed by atoms with van der Waals surface area (Å²) in [5.41, 5.74) is 1.29. The number of aliphatic hydroxyl groups is 1. The Bertz CT molecular complexity index is 617. The first-order valence-electron chi connectivity index (χ1n) is 8.59. The summed E-state index contributed by atoms with van der Waals surface area (Å²) in [4.78, 5) is 3.57. The molecule has 4 heteroatoms. The number of phenolic OH excluding ortho intramolecular Hbond substituents is 1. The van der Waals surface area contributed by atoms with Crippen molar-refractivity contribution in [3.8, 4) is 5.75 Å². The van der Waals surface area contributed by atoms with E-state index < -0.39 is 0 Å². The summed E-state index contributed by atoms with van der Waals surface area (Å²) < 4.78 is 0. The summed E-state index contributed by atoms with van der Waals surface area (Å²) in [7, 11) is 0. The molecule has 0 bridgehead atoms. The van der Waals surface area contributed by atoms with E-state index in [2.05, 4.69) is 17.0 Å². The highest BCUT2D eigenvalue weighted by Gasteiger charge is 2.24. The molecule has 1 aliphatic heterocycles. The third-order valence-electron chi connectivity index (χ3n) is 4.45. The first-order valence-corrected chi connectivity index (χ1v) is 9.47. The van der Waals surface area contributed by atoms with E-state index >= 15 is 0 Å². The molecule has 24 heavy (non-hydrogen) atoms. The summed E-state index contributed by atoms with van der Waals surface area (Å²) in [6.07, 6.45) is 2.64. The predicted octanol–water partition coefficient (Wildman–Crippen LogP) is 3.55. The van der Waals surface area contributed by atoms with Gasteiger partial charge in [0.05, 0.1) is 6.10 Å². The monoisotopic (exact) mass is 343 g/mol. The van der Waals surface area contributed by atoms with E-state index in [1.54, 1.807) is 12.1 Å². The SMILES string of the molecule is Oc1ccc(S[C@@H]2CCN(C[C@H](O)CCc3ccccc3)C2)cc1. The van der Waals surface area contributed by atoms with E-state index in [1.807, 2.05) is 42.1 Å². The number of aryl methyl sites for hydroxylation is 1. The highest BCUT2D eigenvalue weighted by Crippen LogP contribution is 2.30. The summed E-state index contributed by atoms with van der Waals surface area (Å²) in [5, 5.41) is 20.2. The van der Waals surface area contributed by atoms with Gasteiger partial charge in [-0.05, 0) is 55.6 Å². The lowest BCUT2D eigenvalue weighted by Gasteiger charge is -2.20. The Balaban J connectivity index is 1.40. The molecule has 0 aromatic heterocycles. The lowest BCUT2D eigenvalue weighted by atomic mass is 10.1. The molecule has 0 unspecified atom stereocenters. The molecule has 2 aromatic rings. The van der Waals surface area contributed by atoms with Gasteiger partial charge in [0.1, 0.15) is 5.75 Å². The second kappa shape index (κ2) is 8.56. The maximum atomic E-state index is 10.3. The van der Waals surface area contributed by atoms with Crippen LogP contribution in [0.2, 0.25) is 0 Å². The maximum Gasteiger partial charge on any atom is 0.115 e. The molecular weight excluding hydrogens is 318 g/mol. The minimum absolute atomic E-state index is 0.261. The van der Waals surface area contributed by atoms with Gasteiger partial charge in [0.2, 0.25) is 0 Å². The molecule has 0 amide bonds. The molecule has 0 aliphatic carbocycles. The van der Waals surface area contributed by atoms with Gasteiger partial charge in [-0.2, -0.15) is 0 Å². The predicted molar refractivity (Wildman–Crippen MR) is 99.6 cm³/mol. The summed E-state index contributed by atoms with van der Waals surface area (Å²) >= 11 is 1.87. The van der Waals surface area contributed by atoms with Crippen LogP contribution in [0.5, 0.6) is 5.75 Å². The smallest absolute Gasteiger partial charge is 0.115 e. The van der Waals surface area contributed by atoms with Crippen molar-refractivity contribution in [2.75, 3.05) is 19.6 Å². The Morgan fingerprint density at radius 1 is 1.08 bits per heavy atom. The molecule has 3 rings (SSSR count). The Kier molecular flexibility index (Phi) is 6.18. The number of hydrogen-bond acceptors (Lipinski definition) is 4. The maximum absolute atomic E-state index is 10.3. The van der Waals surface area contributed by atoms with Crippen LogP contribution in [0.4, 0.5) is 0 Å². The van der Waals surface area contributed by atoms with Gasteiger partial charge in [0.25, 0.3) is 0 Å². The number of hydrogen-bond donors (Lipinski definition) is 2. The zero-order valence-electron chi connectivity index (χ0n) is 13.8. The van der Waals surface area contributed by atoms with Crippen molar-refractivity contribution in [1.29, 1.82) is 0 Å². The molecule has 1 saturated heterocycles. The van der Waals surface area contributed by atoms with E-state index in [1.165, 1.54) is 10.5 Å². The van der Waals surface area contributed by atoms with Gasteiger partial charge < -0.3 is 10.2 Å². The van der Waals surface area contributed by atoms with Crippen LogP contribution in [-0.2, 0) is 6.42 Å². The molecular formula is C20H25NO2S. The van der Waals surface area contributed by atoms with Crippen LogP contribution in [-0.4, -0.2) is 46.1 Å². The molecule has 2 aromatic carbocycles. The fourth-order valence-electron chi connectivity index (χ4n) is 3.14. The van der Waals surface area contributed by atoms with Crippen LogP contribution >= 0.6 is 11.8 Å². The van der Waals surface area contributed by atoms with Crippen LogP contribution in [0.3, 0.4) is 0 Å². The average Bonchev–Trinajstić information content (AvgIpc) is 3.03. The molecule has 0 radical (unpaired) electrons. The Labute approximate surface area is 148 Å². The molecule has 1 aliphatic rings. The minimum Gasteiger partial charge on any atom is -0.508 e. The third kappa shape index (κ3) is 5.26. The van der Waals surface area contributed by atoms with Gasteiger partial charge >= 0.3 is 0 Å². The van der Waals surface area contributed by atoms with Gasteiger partial charge in [-0.3, -0.25) is 4.90 Å². The highest BCUT2D eigenvalue weighted by atomic mass is 32.2. The lowest BCUT2D eigenvalue weighted by Crippen LogP contribution is -2.31. The number of thioether (sulfide) groups is 1. The number of nitrogens with zero attached hydrogens (tertiary/aromatic N) is 1. The Morgan fingerprint density at radius 3 is 2.58 bits per heavy atom. The molecule has 128 valence electrons. The van der Waals surface area contributed by atoms with Gasteiger partial charge in [-0.25, -0.2) is 0 Å². The number of likely N-dealkylation sites (tertiary alicyclic amines) is 1. The van der Waals surface area contributed by atoms with E-state index in [9.17, 15) is 10.2 Å². The standard InChI is InChI=1S/C20H25NO2S/c22-17-8-10-19(11-9-17)24-20-12-13-21(15-20)14-18(23)7-6-16-4-2-1-3-5-16/h1-5,8-11,18,20,22-23H,6-7,12-15H2/t18-,20-/m1/s1. The first-order chi connectivity index (χ1) is 11.7. The topological polar surface area (TPSA) is 43.7 Å². The number of benzene rings is 2. The van der Waals surface area contributed by atoms with Crippen LogP contribution in [0.15, 0.2) is 59.5 Å². The van der Waals surface area contributed by atoms with Crippen LogP contribution in [0.25, 0.3) is 0 Å². The second-order valence-corrected chi connectivity index (χ2v) is 7.83. The summed E-state index contributed by atoms with van der Waals surface area (Å²) in [6, 6.07) is 17.8. The molecule has 2 atom stereocenters. The first kappa shape index (κ1) is 17.3. The van der Waals surface area contributed by atoms with E-state index in [0.717, 1.165) is 38.9 Å². The molecule has 1 heterocycles. The highest BCUT2D eigenvalue weighted by molar-refractivity contribution is 8.00. The normalized spacial score (nSPS) is 19.5. The molecule has 3 nitrogen and oxygen atoms in total. The van der Waals surface area contributed by atoms with Crippen LogP contribution in [0, 0.1) is 0 Å². The van der Waals surface area contributed by atoms with Crippen molar-refractivity contribution in [3.05, 3.63) is 60.2 Å². The number of rotatable bonds is 7. The number of phenols is 1. The van der Waals surface area contributed by atoms with Gasteiger partial charge in [-0.1, -0.05) is 30.3 Å². The summed E-state index contributed by atoms with van der Waals surface area (Å²) in [6.45, 7) is 2.84. The number of aromatic hydroxyl groups is 1. The third-order valence-corrected chi connectivity index (χ3v) is 5.71. The van der Waals surface area contributed by atoms with Gasteiger partial charge in [-0.15, -0.1) is 11.8 Å². The quantitative estimate of drug-likeness (QED) is 0.807. The van der Waals surface area contributed by atoms with Crippen molar-refractivity contribution in [2.24, 2.45) is 0 Å². The second-order valence-electron chi connectivity index (χ2n) is 6.46. The number of β-amino-alcohol motifs (C(OH)–C–C–N with tert-alkyl or cyclic N) is 1. The average molecular weight is 343 g/mol. The number of aliphatic hydroxyl groups excluding tert-OH is 1. The zero-order chi connectivity index (χ0) is 16.8. The van der Waals surface area contributed by atoms with Crippen molar-refractivity contribution >= 4 is 11.8 Å². The fraction of sp³-hybridized carbons (Fsp3) is 0.400.